The summed E-state index contributed by atoms with van der Waals surface area (Å²) in [6, 6.07) is 13.6. The lowest BCUT2D eigenvalue weighted by Gasteiger charge is -2.09. The molecule has 3 aromatic heterocycles. The van der Waals surface area contributed by atoms with Gasteiger partial charge in [-0.1, -0.05) is 29.8 Å². The molecule has 0 unspecified atom stereocenters. The normalized spacial score (nSPS) is 10.9. The first-order valence-electron chi connectivity index (χ1n) is 7.58. The smallest absolute Gasteiger partial charge is 0.258 e. The van der Waals surface area contributed by atoms with Crippen molar-refractivity contribution in [2.24, 2.45) is 0 Å². The maximum absolute atomic E-state index is 12.3. The highest BCUT2D eigenvalue weighted by Gasteiger charge is 2.13. The largest absolute Gasteiger partial charge is 0.313 e. The Bertz CT molecular complexity index is 1070. The van der Waals surface area contributed by atoms with Crippen molar-refractivity contribution < 1.29 is 0 Å². The van der Waals surface area contributed by atoms with Gasteiger partial charge in [-0.25, -0.2) is 9.97 Å². The van der Waals surface area contributed by atoms with Crippen LogP contribution >= 0.6 is 0 Å². The third-order valence-electron chi connectivity index (χ3n) is 3.91. The number of rotatable bonds is 2. The third-order valence-corrected chi connectivity index (χ3v) is 3.91. The van der Waals surface area contributed by atoms with Crippen LogP contribution < -0.4 is 5.56 Å². The predicted octanol–water partition coefficient (Wildman–Crippen LogP) is 3.36. The minimum absolute atomic E-state index is 0.180. The molecular formula is C19H14N4O. The standard InChI is InChI=1S/C19H14N4O/c1-12-4-6-13(7-5-12)16-9-15-18(21-11-22-19(15)24)17(23-16)14-3-2-8-20-10-14/h2-11H,1H3,(H,21,22,24). The molecule has 0 saturated heterocycles. The van der Waals surface area contributed by atoms with E-state index in [1.165, 1.54) is 11.9 Å². The van der Waals surface area contributed by atoms with Gasteiger partial charge < -0.3 is 4.98 Å². The lowest BCUT2D eigenvalue weighted by Crippen LogP contribution is -2.08. The number of nitrogens with zero attached hydrogens (tertiary/aromatic N) is 3. The second-order valence-corrected chi connectivity index (χ2v) is 5.59. The molecular weight excluding hydrogens is 300 g/mol. The minimum Gasteiger partial charge on any atom is -0.313 e. The quantitative estimate of drug-likeness (QED) is 0.616. The zero-order valence-corrected chi connectivity index (χ0v) is 13.0. The topological polar surface area (TPSA) is 71.5 Å². The number of H-pyrrole nitrogens is 1. The zero-order valence-electron chi connectivity index (χ0n) is 13.0. The summed E-state index contributed by atoms with van der Waals surface area (Å²) in [4.78, 5) is 28.1. The summed E-state index contributed by atoms with van der Waals surface area (Å²) in [7, 11) is 0. The molecule has 0 saturated carbocycles. The fourth-order valence-corrected chi connectivity index (χ4v) is 2.65. The van der Waals surface area contributed by atoms with Gasteiger partial charge in [0.1, 0.15) is 5.52 Å². The number of aromatic nitrogens is 4. The zero-order chi connectivity index (χ0) is 16.5. The second kappa shape index (κ2) is 5.70. The molecule has 0 aliphatic rings. The highest BCUT2D eigenvalue weighted by atomic mass is 16.1. The Morgan fingerprint density at radius 2 is 1.88 bits per heavy atom. The second-order valence-electron chi connectivity index (χ2n) is 5.59. The summed E-state index contributed by atoms with van der Waals surface area (Å²) < 4.78 is 0. The molecule has 0 radical (unpaired) electrons. The summed E-state index contributed by atoms with van der Waals surface area (Å²) >= 11 is 0. The molecule has 0 spiro atoms. The molecule has 3 heterocycles. The average molecular weight is 314 g/mol. The lowest BCUT2D eigenvalue weighted by atomic mass is 10.0. The number of aryl methyl sites for hydroxylation is 1. The maximum atomic E-state index is 12.3. The van der Waals surface area contributed by atoms with Gasteiger partial charge in [0.15, 0.2) is 0 Å². The van der Waals surface area contributed by atoms with Gasteiger partial charge in [-0.2, -0.15) is 0 Å². The number of nitrogens with one attached hydrogen (secondary N) is 1. The van der Waals surface area contributed by atoms with E-state index >= 15 is 0 Å². The van der Waals surface area contributed by atoms with Gasteiger partial charge in [0, 0.05) is 23.5 Å². The molecule has 5 nitrogen and oxygen atoms in total. The SMILES string of the molecule is Cc1ccc(-c2cc3c(=O)[nH]cnc3c(-c3cccnc3)n2)cc1. The van der Waals surface area contributed by atoms with E-state index in [0.29, 0.717) is 16.6 Å². The van der Waals surface area contributed by atoms with Crippen molar-refractivity contribution >= 4 is 10.9 Å². The van der Waals surface area contributed by atoms with Gasteiger partial charge in [-0.15, -0.1) is 0 Å². The van der Waals surface area contributed by atoms with Gasteiger partial charge in [-0.3, -0.25) is 9.78 Å². The van der Waals surface area contributed by atoms with Crippen LogP contribution in [-0.4, -0.2) is 19.9 Å². The van der Waals surface area contributed by atoms with Crippen molar-refractivity contribution in [3.05, 3.63) is 77.1 Å². The Hall–Kier alpha value is -3.34. The van der Waals surface area contributed by atoms with Crippen LogP contribution in [0.3, 0.4) is 0 Å². The fraction of sp³-hybridized carbons (Fsp3) is 0.0526. The molecule has 116 valence electrons. The molecule has 0 amide bonds. The number of pyridine rings is 2. The summed E-state index contributed by atoms with van der Waals surface area (Å²) in [5, 5.41) is 0.516. The minimum atomic E-state index is -0.180. The summed E-state index contributed by atoms with van der Waals surface area (Å²) in [6.07, 6.45) is 4.83. The van der Waals surface area contributed by atoms with Crippen LogP contribution in [0.25, 0.3) is 33.4 Å². The fourth-order valence-electron chi connectivity index (χ4n) is 2.65. The van der Waals surface area contributed by atoms with Gasteiger partial charge in [0.25, 0.3) is 5.56 Å². The Morgan fingerprint density at radius 1 is 1.04 bits per heavy atom. The van der Waals surface area contributed by atoms with E-state index in [4.69, 9.17) is 4.98 Å². The number of hydrogen-bond acceptors (Lipinski definition) is 4. The van der Waals surface area contributed by atoms with Gasteiger partial charge in [-0.05, 0) is 25.1 Å². The van der Waals surface area contributed by atoms with E-state index in [-0.39, 0.29) is 5.56 Å². The number of benzene rings is 1. The first-order valence-corrected chi connectivity index (χ1v) is 7.58. The lowest BCUT2D eigenvalue weighted by molar-refractivity contribution is 1.16. The molecule has 4 aromatic rings. The Kier molecular flexibility index (Phi) is 3.39. The van der Waals surface area contributed by atoms with Crippen molar-refractivity contribution in [3.8, 4) is 22.5 Å². The van der Waals surface area contributed by atoms with Crippen molar-refractivity contribution in [2.75, 3.05) is 0 Å². The summed E-state index contributed by atoms with van der Waals surface area (Å²) in [6.45, 7) is 2.04. The molecule has 4 rings (SSSR count). The molecule has 1 aromatic carbocycles. The molecule has 0 fully saturated rings. The van der Waals surface area contributed by atoms with Crippen LogP contribution in [-0.2, 0) is 0 Å². The van der Waals surface area contributed by atoms with Crippen molar-refractivity contribution in [2.45, 2.75) is 6.92 Å². The van der Waals surface area contributed by atoms with Gasteiger partial charge in [0.05, 0.1) is 23.1 Å². The van der Waals surface area contributed by atoms with E-state index in [0.717, 1.165) is 16.8 Å². The van der Waals surface area contributed by atoms with Crippen LogP contribution in [0.1, 0.15) is 5.56 Å². The van der Waals surface area contributed by atoms with Crippen molar-refractivity contribution in [1.82, 2.24) is 19.9 Å². The van der Waals surface area contributed by atoms with E-state index in [1.807, 2.05) is 43.3 Å². The maximum Gasteiger partial charge on any atom is 0.258 e. The van der Waals surface area contributed by atoms with Crippen molar-refractivity contribution in [3.63, 3.8) is 0 Å². The van der Waals surface area contributed by atoms with Crippen LogP contribution in [0.15, 0.2) is 66.0 Å². The molecule has 0 atom stereocenters. The van der Waals surface area contributed by atoms with Gasteiger partial charge >= 0.3 is 0 Å². The van der Waals surface area contributed by atoms with Crippen molar-refractivity contribution in [1.29, 1.82) is 0 Å². The molecule has 0 aliphatic heterocycles. The number of fused-ring (bicyclic) bond motifs is 1. The van der Waals surface area contributed by atoms with Crippen LogP contribution in [0, 0.1) is 6.92 Å². The number of aromatic amines is 1. The average Bonchev–Trinajstić information content (AvgIpc) is 2.63. The van der Waals surface area contributed by atoms with Crippen LogP contribution in [0.2, 0.25) is 0 Å². The third kappa shape index (κ3) is 2.46. The number of hydrogen-bond donors (Lipinski definition) is 1. The summed E-state index contributed by atoms with van der Waals surface area (Å²) in [5.74, 6) is 0. The van der Waals surface area contributed by atoms with E-state index in [2.05, 4.69) is 15.0 Å². The molecule has 1 N–H and O–H groups in total. The van der Waals surface area contributed by atoms with Crippen LogP contribution in [0.4, 0.5) is 0 Å². The first kappa shape index (κ1) is 14.3. The molecule has 0 bridgehead atoms. The molecule has 24 heavy (non-hydrogen) atoms. The molecule has 0 aliphatic carbocycles. The van der Waals surface area contributed by atoms with Gasteiger partial charge in [0.2, 0.25) is 0 Å². The van der Waals surface area contributed by atoms with Crippen LogP contribution in [0.5, 0.6) is 0 Å². The first-order chi connectivity index (χ1) is 11.7. The Balaban J connectivity index is 2.05. The van der Waals surface area contributed by atoms with E-state index < -0.39 is 0 Å². The monoisotopic (exact) mass is 314 g/mol. The Labute approximate surface area is 138 Å². The van der Waals surface area contributed by atoms with E-state index in [1.54, 1.807) is 18.5 Å². The van der Waals surface area contributed by atoms with E-state index in [9.17, 15) is 4.79 Å². The Morgan fingerprint density at radius 3 is 2.62 bits per heavy atom. The molecule has 5 heteroatoms. The summed E-state index contributed by atoms with van der Waals surface area (Å²) in [5.41, 5.74) is 4.74. The highest BCUT2D eigenvalue weighted by molar-refractivity contribution is 5.93. The predicted molar refractivity (Wildman–Crippen MR) is 93.6 cm³/mol. The highest BCUT2D eigenvalue weighted by Crippen LogP contribution is 2.28.